The number of anilines is 1. The topological polar surface area (TPSA) is 65.4 Å². The molecule has 0 spiro atoms. The van der Waals surface area contributed by atoms with Crippen LogP contribution in [-0.4, -0.2) is 31.7 Å². The van der Waals surface area contributed by atoms with E-state index in [-0.39, 0.29) is 17.6 Å². The summed E-state index contributed by atoms with van der Waals surface area (Å²) in [7, 11) is 0. The standard InChI is InChI=1S/C24H27N3O2/c1-2-27(18-20-7-4-3-5-8-20)22-12-10-19(11-13-22)15-21(16-25)24(28)26-17-23-9-6-14-29-23/h3-5,7-8,10-13,15,23H,2,6,9,14,17-18H2,1H3,(H,26,28)/b21-15+/t23-/m1/s1. The van der Waals surface area contributed by atoms with E-state index in [0.717, 1.165) is 43.8 Å². The third-order valence-corrected chi connectivity index (χ3v) is 5.05. The molecule has 2 aromatic rings. The Morgan fingerprint density at radius 1 is 1.24 bits per heavy atom. The Kier molecular flexibility index (Phi) is 7.43. The van der Waals surface area contributed by atoms with Crippen LogP contribution in [0.15, 0.2) is 60.2 Å². The van der Waals surface area contributed by atoms with E-state index in [2.05, 4.69) is 29.3 Å². The van der Waals surface area contributed by atoms with Crippen molar-refractivity contribution in [1.29, 1.82) is 5.26 Å². The van der Waals surface area contributed by atoms with Crippen LogP contribution in [0.25, 0.3) is 6.08 Å². The Morgan fingerprint density at radius 3 is 2.62 bits per heavy atom. The number of hydrogen-bond donors (Lipinski definition) is 1. The van der Waals surface area contributed by atoms with Gasteiger partial charge in [-0.15, -0.1) is 0 Å². The van der Waals surface area contributed by atoms with Crippen molar-refractivity contribution in [2.24, 2.45) is 0 Å². The molecule has 0 aliphatic carbocycles. The molecular weight excluding hydrogens is 362 g/mol. The molecular formula is C24H27N3O2. The average Bonchev–Trinajstić information content (AvgIpc) is 3.29. The van der Waals surface area contributed by atoms with Crippen molar-refractivity contribution in [3.8, 4) is 6.07 Å². The Labute approximate surface area is 172 Å². The normalized spacial score (nSPS) is 16.3. The predicted molar refractivity (Wildman–Crippen MR) is 115 cm³/mol. The minimum Gasteiger partial charge on any atom is -0.376 e. The molecule has 0 bridgehead atoms. The first-order valence-electron chi connectivity index (χ1n) is 10.1. The van der Waals surface area contributed by atoms with E-state index < -0.39 is 0 Å². The Morgan fingerprint density at radius 2 is 2.00 bits per heavy atom. The second kappa shape index (κ2) is 10.4. The van der Waals surface area contributed by atoms with Crippen molar-refractivity contribution >= 4 is 17.7 Å². The van der Waals surface area contributed by atoms with Gasteiger partial charge < -0.3 is 15.0 Å². The second-order valence-electron chi connectivity index (χ2n) is 7.11. The number of nitrogens with one attached hydrogen (secondary N) is 1. The van der Waals surface area contributed by atoms with Crippen LogP contribution in [0, 0.1) is 11.3 Å². The number of carbonyl (C=O) groups is 1. The first-order valence-corrected chi connectivity index (χ1v) is 10.1. The molecule has 1 amide bonds. The van der Waals surface area contributed by atoms with E-state index in [1.54, 1.807) is 6.08 Å². The second-order valence-corrected chi connectivity index (χ2v) is 7.11. The fourth-order valence-electron chi connectivity index (χ4n) is 3.39. The van der Waals surface area contributed by atoms with Crippen molar-refractivity contribution in [2.75, 3.05) is 24.6 Å². The number of nitriles is 1. The Balaban J connectivity index is 1.64. The summed E-state index contributed by atoms with van der Waals surface area (Å²) in [6, 6.07) is 20.3. The number of amides is 1. The molecule has 3 rings (SSSR count). The highest BCUT2D eigenvalue weighted by atomic mass is 16.5. The smallest absolute Gasteiger partial charge is 0.262 e. The number of carbonyl (C=O) groups excluding carboxylic acids is 1. The lowest BCUT2D eigenvalue weighted by Gasteiger charge is -2.23. The molecule has 29 heavy (non-hydrogen) atoms. The zero-order chi connectivity index (χ0) is 20.5. The van der Waals surface area contributed by atoms with Gasteiger partial charge in [0, 0.05) is 31.9 Å². The third kappa shape index (κ3) is 5.94. The molecule has 1 aliphatic rings. The van der Waals surface area contributed by atoms with Gasteiger partial charge in [-0.3, -0.25) is 4.79 Å². The Hall–Kier alpha value is -3.10. The van der Waals surface area contributed by atoms with Gasteiger partial charge in [-0.1, -0.05) is 42.5 Å². The van der Waals surface area contributed by atoms with Crippen LogP contribution in [0.2, 0.25) is 0 Å². The molecule has 5 nitrogen and oxygen atoms in total. The van der Waals surface area contributed by atoms with Gasteiger partial charge >= 0.3 is 0 Å². The summed E-state index contributed by atoms with van der Waals surface area (Å²) < 4.78 is 5.50. The summed E-state index contributed by atoms with van der Waals surface area (Å²) in [6.07, 6.45) is 3.65. The number of rotatable bonds is 8. The van der Waals surface area contributed by atoms with Gasteiger partial charge in [-0.25, -0.2) is 0 Å². The maximum absolute atomic E-state index is 12.3. The first-order chi connectivity index (χ1) is 14.2. The van der Waals surface area contributed by atoms with Gasteiger partial charge in [-0.05, 0) is 49.1 Å². The number of hydrogen-bond acceptors (Lipinski definition) is 4. The third-order valence-electron chi connectivity index (χ3n) is 5.05. The van der Waals surface area contributed by atoms with E-state index in [1.807, 2.05) is 48.5 Å². The molecule has 2 aromatic carbocycles. The van der Waals surface area contributed by atoms with Crippen LogP contribution in [-0.2, 0) is 16.1 Å². The van der Waals surface area contributed by atoms with Crippen molar-refractivity contribution in [3.05, 3.63) is 71.3 Å². The molecule has 0 unspecified atom stereocenters. The lowest BCUT2D eigenvalue weighted by atomic mass is 10.1. The predicted octanol–water partition coefficient (Wildman–Crippen LogP) is 3.92. The Bertz CT molecular complexity index is 863. The van der Waals surface area contributed by atoms with Gasteiger partial charge in [0.05, 0.1) is 6.10 Å². The van der Waals surface area contributed by atoms with Crippen molar-refractivity contribution < 1.29 is 9.53 Å². The molecule has 0 radical (unpaired) electrons. The lowest BCUT2D eigenvalue weighted by Crippen LogP contribution is -2.32. The zero-order valence-electron chi connectivity index (χ0n) is 16.8. The van der Waals surface area contributed by atoms with E-state index in [4.69, 9.17) is 4.74 Å². The van der Waals surface area contributed by atoms with Gasteiger partial charge in [0.2, 0.25) is 0 Å². The fraction of sp³-hybridized carbons (Fsp3) is 0.333. The molecule has 0 saturated carbocycles. The molecule has 1 saturated heterocycles. The van der Waals surface area contributed by atoms with Gasteiger partial charge in [0.25, 0.3) is 5.91 Å². The largest absolute Gasteiger partial charge is 0.376 e. The lowest BCUT2D eigenvalue weighted by molar-refractivity contribution is -0.117. The molecule has 1 fully saturated rings. The van der Waals surface area contributed by atoms with Crippen LogP contribution < -0.4 is 10.2 Å². The van der Waals surface area contributed by atoms with Crippen LogP contribution >= 0.6 is 0 Å². The quantitative estimate of drug-likeness (QED) is 0.549. The summed E-state index contributed by atoms with van der Waals surface area (Å²) in [5.74, 6) is -0.355. The summed E-state index contributed by atoms with van der Waals surface area (Å²) >= 11 is 0. The van der Waals surface area contributed by atoms with Gasteiger partial charge in [0.1, 0.15) is 11.6 Å². The van der Waals surface area contributed by atoms with Gasteiger partial charge in [0.15, 0.2) is 0 Å². The van der Waals surface area contributed by atoms with E-state index >= 15 is 0 Å². The highest BCUT2D eigenvalue weighted by Crippen LogP contribution is 2.19. The molecule has 1 heterocycles. The van der Waals surface area contributed by atoms with Crippen LogP contribution in [0.5, 0.6) is 0 Å². The highest BCUT2D eigenvalue weighted by Gasteiger charge is 2.17. The molecule has 1 aliphatic heterocycles. The molecule has 150 valence electrons. The molecule has 1 atom stereocenters. The molecule has 1 N–H and O–H groups in total. The minimum absolute atomic E-state index is 0.0582. The monoisotopic (exact) mass is 389 g/mol. The summed E-state index contributed by atoms with van der Waals surface area (Å²) in [6.45, 7) is 5.04. The highest BCUT2D eigenvalue weighted by molar-refractivity contribution is 6.01. The zero-order valence-corrected chi connectivity index (χ0v) is 16.8. The van der Waals surface area contributed by atoms with Crippen molar-refractivity contribution in [1.82, 2.24) is 5.32 Å². The summed E-state index contributed by atoms with van der Waals surface area (Å²) in [5, 5.41) is 12.2. The van der Waals surface area contributed by atoms with Crippen LogP contribution in [0.1, 0.15) is 30.9 Å². The summed E-state index contributed by atoms with van der Waals surface area (Å²) in [5.41, 5.74) is 3.29. The minimum atomic E-state index is -0.355. The van der Waals surface area contributed by atoms with Crippen LogP contribution in [0.4, 0.5) is 5.69 Å². The maximum atomic E-state index is 12.3. The molecule has 5 heteroatoms. The number of nitrogens with zero attached hydrogens (tertiary/aromatic N) is 2. The average molecular weight is 389 g/mol. The van der Waals surface area contributed by atoms with Crippen LogP contribution in [0.3, 0.4) is 0 Å². The SMILES string of the molecule is CCN(Cc1ccccc1)c1ccc(/C=C(\C#N)C(=O)NC[C@H]2CCCO2)cc1. The number of benzene rings is 2. The number of ether oxygens (including phenoxy) is 1. The van der Waals surface area contributed by atoms with Gasteiger partial charge in [-0.2, -0.15) is 5.26 Å². The van der Waals surface area contributed by atoms with Crippen molar-refractivity contribution in [2.45, 2.75) is 32.4 Å². The van der Waals surface area contributed by atoms with Crippen molar-refractivity contribution in [3.63, 3.8) is 0 Å². The fourth-order valence-corrected chi connectivity index (χ4v) is 3.39. The first kappa shape index (κ1) is 20.6. The van der Waals surface area contributed by atoms with E-state index in [1.165, 1.54) is 5.56 Å². The van der Waals surface area contributed by atoms with E-state index in [9.17, 15) is 10.1 Å². The van der Waals surface area contributed by atoms with E-state index in [0.29, 0.717) is 6.54 Å². The summed E-state index contributed by atoms with van der Waals surface area (Å²) in [4.78, 5) is 14.6. The maximum Gasteiger partial charge on any atom is 0.262 e. The molecule has 0 aromatic heterocycles.